The van der Waals surface area contributed by atoms with Gasteiger partial charge in [-0.05, 0) is 30.7 Å². The van der Waals surface area contributed by atoms with Gasteiger partial charge in [0.05, 0.1) is 6.42 Å². The second-order valence-corrected chi connectivity index (χ2v) is 3.20. The van der Waals surface area contributed by atoms with Crippen molar-refractivity contribution in [3.05, 3.63) is 23.8 Å². The van der Waals surface area contributed by atoms with Crippen LogP contribution in [-0.4, -0.2) is 12.5 Å². The van der Waals surface area contributed by atoms with Crippen LogP contribution in [0.15, 0.2) is 18.2 Å². The third-order valence-corrected chi connectivity index (χ3v) is 2.35. The standard InChI is InChI=1S/C10H12N2O/c1-2-12-9-4-3-8(11)5-7(9)6-10(12)13/h3-5H,2,6,11H2,1H3. The van der Waals surface area contributed by atoms with Gasteiger partial charge in [0.15, 0.2) is 0 Å². The average molecular weight is 176 g/mol. The van der Waals surface area contributed by atoms with Gasteiger partial charge in [0.1, 0.15) is 0 Å². The van der Waals surface area contributed by atoms with Crippen molar-refractivity contribution in [2.24, 2.45) is 0 Å². The summed E-state index contributed by atoms with van der Waals surface area (Å²) in [7, 11) is 0. The Kier molecular flexibility index (Phi) is 1.72. The summed E-state index contributed by atoms with van der Waals surface area (Å²) >= 11 is 0. The molecule has 3 heteroatoms. The smallest absolute Gasteiger partial charge is 0.231 e. The number of nitrogens with two attached hydrogens (primary N) is 1. The van der Waals surface area contributed by atoms with Crippen LogP contribution in [0.1, 0.15) is 12.5 Å². The predicted octanol–water partition coefficient (Wildman–Crippen LogP) is 1.18. The van der Waals surface area contributed by atoms with Crippen LogP contribution in [0.25, 0.3) is 0 Å². The lowest BCUT2D eigenvalue weighted by atomic mass is 10.1. The molecule has 1 aliphatic heterocycles. The number of rotatable bonds is 1. The van der Waals surface area contributed by atoms with E-state index in [1.807, 2.05) is 25.1 Å². The highest BCUT2D eigenvalue weighted by Crippen LogP contribution is 2.29. The maximum Gasteiger partial charge on any atom is 0.231 e. The van der Waals surface area contributed by atoms with Crippen molar-refractivity contribution in [2.45, 2.75) is 13.3 Å². The molecule has 2 rings (SSSR count). The number of hydrogen-bond donors (Lipinski definition) is 1. The molecule has 13 heavy (non-hydrogen) atoms. The molecule has 0 bridgehead atoms. The second-order valence-electron chi connectivity index (χ2n) is 3.20. The quantitative estimate of drug-likeness (QED) is 0.653. The van der Waals surface area contributed by atoms with Crippen LogP contribution in [0, 0.1) is 0 Å². The van der Waals surface area contributed by atoms with Crippen LogP contribution < -0.4 is 10.6 Å². The van der Waals surface area contributed by atoms with Gasteiger partial charge < -0.3 is 10.6 Å². The number of hydrogen-bond acceptors (Lipinski definition) is 2. The Morgan fingerprint density at radius 1 is 1.54 bits per heavy atom. The second kappa shape index (κ2) is 2.76. The molecule has 1 aliphatic rings. The number of amides is 1. The summed E-state index contributed by atoms with van der Waals surface area (Å²) in [5, 5.41) is 0. The van der Waals surface area contributed by atoms with Crippen molar-refractivity contribution in [1.82, 2.24) is 0 Å². The number of likely N-dealkylation sites (N-methyl/N-ethyl adjacent to an activating group) is 1. The van der Waals surface area contributed by atoms with Gasteiger partial charge in [-0.3, -0.25) is 4.79 Å². The Hall–Kier alpha value is -1.51. The molecule has 0 radical (unpaired) electrons. The molecule has 0 saturated carbocycles. The Balaban J connectivity index is 2.48. The Bertz CT molecular complexity index is 360. The summed E-state index contributed by atoms with van der Waals surface area (Å²) in [6.07, 6.45) is 0.494. The van der Waals surface area contributed by atoms with Crippen molar-refractivity contribution in [3.8, 4) is 0 Å². The number of anilines is 2. The molecular weight excluding hydrogens is 164 g/mol. The minimum absolute atomic E-state index is 0.170. The number of fused-ring (bicyclic) bond motifs is 1. The van der Waals surface area contributed by atoms with Crippen LogP contribution in [0.3, 0.4) is 0 Å². The highest BCUT2D eigenvalue weighted by atomic mass is 16.2. The fourth-order valence-electron chi connectivity index (χ4n) is 1.75. The van der Waals surface area contributed by atoms with Gasteiger partial charge in [-0.25, -0.2) is 0 Å². The first-order chi connectivity index (χ1) is 6.22. The molecule has 3 nitrogen and oxygen atoms in total. The zero-order valence-electron chi connectivity index (χ0n) is 7.58. The summed E-state index contributed by atoms with van der Waals surface area (Å²) in [6, 6.07) is 5.63. The van der Waals surface area contributed by atoms with Crippen LogP contribution >= 0.6 is 0 Å². The number of carbonyl (C=O) groups excluding carboxylic acids is 1. The van der Waals surface area contributed by atoms with E-state index in [4.69, 9.17) is 5.73 Å². The molecule has 2 N–H and O–H groups in total. The van der Waals surface area contributed by atoms with Gasteiger partial charge in [0.2, 0.25) is 5.91 Å². The van der Waals surface area contributed by atoms with Crippen molar-refractivity contribution in [2.75, 3.05) is 17.2 Å². The molecule has 1 heterocycles. The largest absolute Gasteiger partial charge is 0.399 e. The number of carbonyl (C=O) groups is 1. The minimum atomic E-state index is 0.170. The summed E-state index contributed by atoms with van der Waals surface area (Å²) in [5.74, 6) is 0.170. The molecule has 0 spiro atoms. The zero-order valence-corrected chi connectivity index (χ0v) is 7.58. The maximum atomic E-state index is 11.5. The van der Waals surface area contributed by atoms with Crippen molar-refractivity contribution < 1.29 is 4.79 Å². The first kappa shape index (κ1) is 8.10. The van der Waals surface area contributed by atoms with E-state index in [0.717, 1.165) is 23.5 Å². The van der Waals surface area contributed by atoms with Gasteiger partial charge in [0.25, 0.3) is 0 Å². The van der Waals surface area contributed by atoms with E-state index in [1.165, 1.54) is 0 Å². The number of benzene rings is 1. The number of nitrogens with zero attached hydrogens (tertiary/aromatic N) is 1. The van der Waals surface area contributed by atoms with Crippen LogP contribution in [0.4, 0.5) is 11.4 Å². The lowest BCUT2D eigenvalue weighted by molar-refractivity contribution is -0.117. The highest BCUT2D eigenvalue weighted by molar-refractivity contribution is 6.01. The van der Waals surface area contributed by atoms with Crippen LogP contribution in [-0.2, 0) is 11.2 Å². The first-order valence-corrected chi connectivity index (χ1v) is 4.41. The lowest BCUT2D eigenvalue weighted by Gasteiger charge is -2.14. The van der Waals surface area contributed by atoms with Gasteiger partial charge in [-0.2, -0.15) is 0 Å². The molecular formula is C10H12N2O. The van der Waals surface area contributed by atoms with Crippen molar-refractivity contribution >= 4 is 17.3 Å². The summed E-state index contributed by atoms with van der Waals surface area (Å²) in [4.78, 5) is 13.2. The van der Waals surface area contributed by atoms with E-state index in [-0.39, 0.29) is 5.91 Å². The first-order valence-electron chi connectivity index (χ1n) is 4.41. The molecule has 1 amide bonds. The van der Waals surface area contributed by atoms with Crippen LogP contribution in [0.2, 0.25) is 0 Å². The Labute approximate surface area is 77.1 Å². The SMILES string of the molecule is CCN1C(=O)Cc2cc(N)ccc21. The molecule has 0 aromatic heterocycles. The summed E-state index contributed by atoms with van der Waals surface area (Å²) in [5.41, 5.74) is 8.42. The van der Waals surface area contributed by atoms with E-state index in [0.29, 0.717) is 6.42 Å². The fourth-order valence-corrected chi connectivity index (χ4v) is 1.75. The molecule has 1 aromatic rings. The van der Waals surface area contributed by atoms with E-state index in [2.05, 4.69) is 0 Å². The molecule has 0 saturated heterocycles. The fraction of sp³-hybridized carbons (Fsp3) is 0.300. The predicted molar refractivity (Wildman–Crippen MR) is 52.6 cm³/mol. The summed E-state index contributed by atoms with van der Waals surface area (Å²) in [6.45, 7) is 2.71. The number of nitrogen functional groups attached to an aromatic ring is 1. The Morgan fingerprint density at radius 2 is 2.31 bits per heavy atom. The monoisotopic (exact) mass is 176 g/mol. The maximum absolute atomic E-state index is 11.5. The molecule has 68 valence electrons. The normalized spacial score (nSPS) is 14.8. The Morgan fingerprint density at radius 3 is 3.00 bits per heavy atom. The molecule has 0 fully saturated rings. The topological polar surface area (TPSA) is 46.3 Å². The third kappa shape index (κ3) is 1.16. The van der Waals surface area contributed by atoms with Gasteiger partial charge in [0, 0.05) is 17.9 Å². The van der Waals surface area contributed by atoms with E-state index in [9.17, 15) is 4.79 Å². The van der Waals surface area contributed by atoms with Crippen molar-refractivity contribution in [3.63, 3.8) is 0 Å². The van der Waals surface area contributed by atoms with E-state index >= 15 is 0 Å². The lowest BCUT2D eigenvalue weighted by Crippen LogP contribution is -2.25. The van der Waals surface area contributed by atoms with Gasteiger partial charge >= 0.3 is 0 Å². The molecule has 0 unspecified atom stereocenters. The highest BCUT2D eigenvalue weighted by Gasteiger charge is 2.25. The van der Waals surface area contributed by atoms with E-state index < -0.39 is 0 Å². The van der Waals surface area contributed by atoms with Gasteiger partial charge in [-0.15, -0.1) is 0 Å². The summed E-state index contributed by atoms with van der Waals surface area (Å²) < 4.78 is 0. The molecule has 0 aliphatic carbocycles. The zero-order chi connectivity index (χ0) is 9.42. The molecule has 1 aromatic carbocycles. The minimum Gasteiger partial charge on any atom is -0.399 e. The van der Waals surface area contributed by atoms with Gasteiger partial charge in [-0.1, -0.05) is 0 Å². The average Bonchev–Trinajstić information content (AvgIpc) is 2.39. The molecule has 0 atom stereocenters. The van der Waals surface area contributed by atoms with Crippen LogP contribution in [0.5, 0.6) is 0 Å². The van der Waals surface area contributed by atoms with Crippen molar-refractivity contribution in [1.29, 1.82) is 0 Å². The van der Waals surface area contributed by atoms with E-state index in [1.54, 1.807) is 4.90 Å². The third-order valence-electron chi connectivity index (χ3n) is 2.35.